The van der Waals surface area contributed by atoms with E-state index in [1.165, 1.54) is 0 Å². The van der Waals surface area contributed by atoms with E-state index in [2.05, 4.69) is 23.5 Å². The Hall–Kier alpha value is -2.56. The number of hydrogen-bond donors (Lipinski definition) is 1. The molecule has 0 radical (unpaired) electrons. The average molecular weight is 337 g/mol. The molecule has 0 spiro atoms. The monoisotopic (exact) mass is 337 g/mol. The maximum absolute atomic E-state index is 12.9. The summed E-state index contributed by atoms with van der Waals surface area (Å²) < 4.78 is 0. The summed E-state index contributed by atoms with van der Waals surface area (Å²) in [7, 11) is 0. The Morgan fingerprint density at radius 3 is 2.80 bits per heavy atom. The molecular formula is C20H23N3O2. The van der Waals surface area contributed by atoms with Crippen LogP contribution in [0.5, 0.6) is 0 Å². The van der Waals surface area contributed by atoms with Crippen LogP contribution in [0, 0.1) is 0 Å². The van der Waals surface area contributed by atoms with Crippen LogP contribution in [0.15, 0.2) is 42.5 Å². The molecule has 2 aliphatic rings. The number of benzene rings is 2. The number of carbonyl (C=O) groups is 2. The highest BCUT2D eigenvalue weighted by Gasteiger charge is 2.32. The third-order valence-corrected chi connectivity index (χ3v) is 5.30. The zero-order valence-electron chi connectivity index (χ0n) is 14.3. The molecule has 5 heteroatoms. The quantitative estimate of drug-likeness (QED) is 0.935. The molecule has 0 saturated carbocycles. The van der Waals surface area contributed by atoms with Crippen molar-refractivity contribution in [2.75, 3.05) is 26.2 Å². The molecule has 2 saturated heterocycles. The SMILES string of the molecule is O=C(Cc1cccc2ccccc12)N1CCCC(N2CCNC2=O)C1. The van der Waals surface area contributed by atoms with E-state index >= 15 is 0 Å². The number of piperidine rings is 1. The van der Waals surface area contributed by atoms with Crippen molar-refractivity contribution in [3.05, 3.63) is 48.0 Å². The van der Waals surface area contributed by atoms with Crippen LogP contribution >= 0.6 is 0 Å². The van der Waals surface area contributed by atoms with Crippen molar-refractivity contribution in [1.82, 2.24) is 15.1 Å². The van der Waals surface area contributed by atoms with E-state index < -0.39 is 0 Å². The first-order valence-electron chi connectivity index (χ1n) is 9.01. The summed E-state index contributed by atoms with van der Waals surface area (Å²) in [5.74, 6) is 0.153. The van der Waals surface area contributed by atoms with Gasteiger partial charge in [-0.25, -0.2) is 4.79 Å². The topological polar surface area (TPSA) is 52.7 Å². The minimum Gasteiger partial charge on any atom is -0.340 e. The van der Waals surface area contributed by atoms with Gasteiger partial charge in [-0.15, -0.1) is 0 Å². The lowest BCUT2D eigenvalue weighted by Crippen LogP contribution is -2.51. The van der Waals surface area contributed by atoms with Gasteiger partial charge in [0.05, 0.1) is 12.5 Å². The molecule has 2 aliphatic heterocycles. The molecule has 0 bridgehead atoms. The third-order valence-electron chi connectivity index (χ3n) is 5.30. The van der Waals surface area contributed by atoms with Crippen molar-refractivity contribution in [2.45, 2.75) is 25.3 Å². The Labute approximate surface area is 147 Å². The van der Waals surface area contributed by atoms with E-state index in [-0.39, 0.29) is 18.0 Å². The molecule has 130 valence electrons. The fraction of sp³-hybridized carbons (Fsp3) is 0.400. The number of nitrogens with one attached hydrogen (secondary N) is 1. The molecular weight excluding hydrogens is 314 g/mol. The summed E-state index contributed by atoms with van der Waals surface area (Å²) >= 11 is 0. The van der Waals surface area contributed by atoms with Gasteiger partial charge in [-0.05, 0) is 29.2 Å². The van der Waals surface area contributed by atoms with E-state index in [0.29, 0.717) is 19.5 Å². The maximum atomic E-state index is 12.9. The molecule has 25 heavy (non-hydrogen) atoms. The Morgan fingerprint density at radius 2 is 1.96 bits per heavy atom. The lowest BCUT2D eigenvalue weighted by molar-refractivity contribution is -0.132. The van der Waals surface area contributed by atoms with Crippen LogP contribution in [0.25, 0.3) is 10.8 Å². The van der Waals surface area contributed by atoms with Gasteiger partial charge in [0.1, 0.15) is 0 Å². The Kier molecular flexibility index (Phi) is 4.30. The van der Waals surface area contributed by atoms with Crippen molar-refractivity contribution < 1.29 is 9.59 Å². The fourth-order valence-corrected chi connectivity index (χ4v) is 3.99. The molecule has 1 unspecified atom stereocenters. The van der Waals surface area contributed by atoms with Crippen molar-refractivity contribution in [3.63, 3.8) is 0 Å². The van der Waals surface area contributed by atoms with Crippen LogP contribution in [0.3, 0.4) is 0 Å². The van der Waals surface area contributed by atoms with E-state index in [0.717, 1.165) is 42.3 Å². The lowest BCUT2D eigenvalue weighted by atomic mass is 10.00. The van der Waals surface area contributed by atoms with Gasteiger partial charge in [0.15, 0.2) is 0 Å². The normalized spacial score (nSPS) is 20.8. The second kappa shape index (κ2) is 6.75. The van der Waals surface area contributed by atoms with E-state index in [1.54, 1.807) is 0 Å². The molecule has 1 N–H and O–H groups in total. The van der Waals surface area contributed by atoms with Crippen molar-refractivity contribution in [2.24, 2.45) is 0 Å². The zero-order chi connectivity index (χ0) is 17.2. The first kappa shape index (κ1) is 15.9. The number of nitrogens with zero attached hydrogens (tertiary/aromatic N) is 2. The number of fused-ring (bicyclic) bond motifs is 1. The summed E-state index contributed by atoms with van der Waals surface area (Å²) in [5, 5.41) is 5.16. The zero-order valence-corrected chi connectivity index (χ0v) is 14.3. The van der Waals surface area contributed by atoms with Gasteiger partial charge in [0.2, 0.25) is 5.91 Å². The molecule has 0 aromatic heterocycles. The van der Waals surface area contributed by atoms with Gasteiger partial charge in [-0.1, -0.05) is 42.5 Å². The van der Waals surface area contributed by atoms with Gasteiger partial charge in [0.25, 0.3) is 0 Å². The summed E-state index contributed by atoms with van der Waals surface area (Å²) in [6, 6.07) is 14.5. The van der Waals surface area contributed by atoms with Gasteiger partial charge in [0, 0.05) is 26.2 Å². The van der Waals surface area contributed by atoms with Crippen LogP contribution in [-0.4, -0.2) is 54.0 Å². The minimum absolute atomic E-state index is 0.00773. The van der Waals surface area contributed by atoms with E-state index in [4.69, 9.17) is 0 Å². The van der Waals surface area contributed by atoms with Crippen LogP contribution in [0.4, 0.5) is 4.79 Å². The Bertz CT molecular complexity index is 799. The first-order valence-corrected chi connectivity index (χ1v) is 9.01. The summed E-state index contributed by atoms with van der Waals surface area (Å²) in [6.07, 6.45) is 2.35. The molecule has 1 atom stereocenters. The molecule has 4 rings (SSSR count). The molecule has 5 nitrogen and oxygen atoms in total. The van der Waals surface area contributed by atoms with E-state index in [1.807, 2.05) is 34.1 Å². The van der Waals surface area contributed by atoms with Gasteiger partial charge in [-0.3, -0.25) is 4.79 Å². The Morgan fingerprint density at radius 1 is 1.12 bits per heavy atom. The largest absolute Gasteiger partial charge is 0.340 e. The fourth-order valence-electron chi connectivity index (χ4n) is 3.99. The van der Waals surface area contributed by atoms with Crippen LogP contribution in [-0.2, 0) is 11.2 Å². The number of hydrogen-bond acceptors (Lipinski definition) is 2. The van der Waals surface area contributed by atoms with Gasteiger partial charge in [-0.2, -0.15) is 0 Å². The standard InChI is InChI=1S/C20H23N3O2/c24-19(13-16-7-3-6-15-5-1-2-9-18(15)16)22-11-4-8-17(14-22)23-12-10-21-20(23)25/h1-3,5-7,9,17H,4,8,10-14H2,(H,21,25). The number of likely N-dealkylation sites (tertiary alicyclic amines) is 1. The minimum atomic E-state index is 0.00773. The number of carbonyl (C=O) groups excluding carboxylic acids is 2. The molecule has 2 heterocycles. The van der Waals surface area contributed by atoms with Gasteiger partial charge >= 0.3 is 6.03 Å². The van der Waals surface area contributed by atoms with Crippen LogP contribution < -0.4 is 5.32 Å². The van der Waals surface area contributed by atoms with Gasteiger partial charge < -0.3 is 15.1 Å². The highest BCUT2D eigenvalue weighted by Crippen LogP contribution is 2.22. The van der Waals surface area contributed by atoms with Crippen LogP contribution in [0.1, 0.15) is 18.4 Å². The second-order valence-electron chi connectivity index (χ2n) is 6.88. The Balaban J connectivity index is 1.48. The highest BCUT2D eigenvalue weighted by atomic mass is 16.2. The summed E-state index contributed by atoms with van der Waals surface area (Å²) in [4.78, 5) is 28.6. The number of amides is 3. The molecule has 3 amide bonds. The summed E-state index contributed by atoms with van der Waals surface area (Å²) in [5.41, 5.74) is 1.07. The first-order chi connectivity index (χ1) is 12.2. The van der Waals surface area contributed by atoms with Crippen LogP contribution in [0.2, 0.25) is 0 Å². The highest BCUT2D eigenvalue weighted by molar-refractivity contribution is 5.90. The maximum Gasteiger partial charge on any atom is 0.317 e. The summed E-state index contributed by atoms with van der Waals surface area (Å²) in [6.45, 7) is 2.89. The smallest absolute Gasteiger partial charge is 0.317 e. The molecule has 0 aliphatic carbocycles. The molecule has 2 aromatic carbocycles. The average Bonchev–Trinajstić information content (AvgIpc) is 3.08. The van der Waals surface area contributed by atoms with Crippen molar-refractivity contribution in [3.8, 4) is 0 Å². The second-order valence-corrected chi connectivity index (χ2v) is 6.88. The van der Waals surface area contributed by atoms with Crippen molar-refractivity contribution >= 4 is 22.7 Å². The molecule has 2 aromatic rings. The lowest BCUT2D eigenvalue weighted by Gasteiger charge is -2.37. The number of rotatable bonds is 3. The predicted molar refractivity (Wildman–Crippen MR) is 97.4 cm³/mol. The third kappa shape index (κ3) is 3.18. The molecule has 2 fully saturated rings. The van der Waals surface area contributed by atoms with Crippen molar-refractivity contribution in [1.29, 1.82) is 0 Å². The number of urea groups is 1. The predicted octanol–water partition coefficient (Wildman–Crippen LogP) is 2.40. The van der Waals surface area contributed by atoms with E-state index in [9.17, 15) is 9.59 Å².